The lowest BCUT2D eigenvalue weighted by Crippen LogP contribution is -2.20. The lowest BCUT2D eigenvalue weighted by Gasteiger charge is -2.25. The van der Waals surface area contributed by atoms with E-state index in [1.807, 2.05) is 44.3 Å². The maximum absolute atomic E-state index is 13.8. The van der Waals surface area contributed by atoms with Crippen molar-refractivity contribution in [2.24, 2.45) is 5.73 Å². The van der Waals surface area contributed by atoms with E-state index in [1.54, 1.807) is 6.92 Å². The maximum atomic E-state index is 13.8. The maximum Gasteiger partial charge on any atom is 0.126 e. The first-order chi connectivity index (χ1) is 9.88. The molecule has 2 rings (SSSR count). The Balaban J connectivity index is 2.34. The van der Waals surface area contributed by atoms with Gasteiger partial charge in [0, 0.05) is 30.3 Å². The van der Waals surface area contributed by atoms with Crippen LogP contribution in [0.3, 0.4) is 0 Å². The summed E-state index contributed by atoms with van der Waals surface area (Å²) in [5, 5.41) is 0.712. The van der Waals surface area contributed by atoms with E-state index in [1.165, 1.54) is 6.07 Å². The lowest BCUT2D eigenvalue weighted by molar-refractivity contribution is 0.612. The molecule has 0 heterocycles. The number of anilines is 1. The van der Waals surface area contributed by atoms with E-state index in [2.05, 4.69) is 4.90 Å². The van der Waals surface area contributed by atoms with E-state index < -0.39 is 0 Å². The zero-order valence-electron chi connectivity index (χ0n) is 12.5. The zero-order valence-corrected chi connectivity index (χ0v) is 13.3. The molecule has 1 unspecified atom stereocenters. The molecule has 4 heteroatoms. The molecule has 112 valence electrons. The number of hydrogen-bond donors (Lipinski definition) is 1. The SMILES string of the molecule is Cc1cc(N(C)Cc2cccc(Cl)c2)c(C(C)N)cc1F. The van der Waals surface area contributed by atoms with Crippen LogP contribution in [0.15, 0.2) is 36.4 Å². The van der Waals surface area contributed by atoms with Crippen molar-refractivity contribution in [3.8, 4) is 0 Å². The molecule has 0 bridgehead atoms. The van der Waals surface area contributed by atoms with Crippen molar-refractivity contribution in [1.29, 1.82) is 0 Å². The Morgan fingerprint density at radius 1 is 1.29 bits per heavy atom. The highest BCUT2D eigenvalue weighted by atomic mass is 35.5. The minimum Gasteiger partial charge on any atom is -0.370 e. The van der Waals surface area contributed by atoms with E-state index in [0.717, 1.165) is 16.8 Å². The molecule has 2 nitrogen and oxygen atoms in total. The van der Waals surface area contributed by atoms with Gasteiger partial charge in [0.05, 0.1) is 0 Å². The van der Waals surface area contributed by atoms with Crippen LogP contribution in [0.2, 0.25) is 5.02 Å². The molecule has 0 saturated carbocycles. The third-order valence-corrected chi connectivity index (χ3v) is 3.75. The molecule has 0 radical (unpaired) electrons. The van der Waals surface area contributed by atoms with Crippen LogP contribution in [0.5, 0.6) is 0 Å². The number of halogens is 2. The molecule has 2 aromatic carbocycles. The van der Waals surface area contributed by atoms with Gasteiger partial charge >= 0.3 is 0 Å². The first-order valence-corrected chi connectivity index (χ1v) is 7.27. The van der Waals surface area contributed by atoms with E-state index in [9.17, 15) is 4.39 Å². The molecule has 0 aliphatic heterocycles. The Labute approximate surface area is 130 Å². The minimum absolute atomic E-state index is 0.220. The number of benzene rings is 2. The predicted octanol–water partition coefficient (Wildman–Crippen LogP) is 4.44. The lowest BCUT2D eigenvalue weighted by atomic mass is 10.0. The molecule has 0 spiro atoms. The molecule has 0 aromatic heterocycles. The standard InChI is InChI=1S/C17H20ClFN2/c1-11-7-17(15(12(2)20)9-16(11)19)21(3)10-13-5-4-6-14(18)8-13/h4-9,12H,10,20H2,1-3H3. The van der Waals surface area contributed by atoms with E-state index in [4.69, 9.17) is 17.3 Å². The van der Waals surface area contributed by atoms with Crippen molar-refractivity contribution >= 4 is 17.3 Å². The van der Waals surface area contributed by atoms with Crippen molar-refractivity contribution < 1.29 is 4.39 Å². The summed E-state index contributed by atoms with van der Waals surface area (Å²) in [7, 11) is 1.97. The molecule has 21 heavy (non-hydrogen) atoms. The monoisotopic (exact) mass is 306 g/mol. The molecule has 0 fully saturated rings. The Hall–Kier alpha value is -1.58. The molecule has 0 saturated heterocycles. The number of hydrogen-bond acceptors (Lipinski definition) is 2. The summed E-state index contributed by atoms with van der Waals surface area (Å²) in [5.41, 5.74) is 9.45. The smallest absolute Gasteiger partial charge is 0.126 e. The fourth-order valence-electron chi connectivity index (χ4n) is 2.37. The summed E-state index contributed by atoms with van der Waals surface area (Å²) >= 11 is 6.01. The largest absolute Gasteiger partial charge is 0.370 e. The van der Waals surface area contributed by atoms with Gasteiger partial charge in [-0.15, -0.1) is 0 Å². The normalized spacial score (nSPS) is 12.3. The van der Waals surface area contributed by atoms with Gasteiger partial charge in [0.25, 0.3) is 0 Å². The fourth-order valence-corrected chi connectivity index (χ4v) is 2.58. The number of aryl methyl sites for hydroxylation is 1. The van der Waals surface area contributed by atoms with Crippen molar-refractivity contribution in [3.63, 3.8) is 0 Å². The van der Waals surface area contributed by atoms with Crippen LogP contribution in [0.4, 0.5) is 10.1 Å². The van der Waals surface area contributed by atoms with Crippen molar-refractivity contribution in [1.82, 2.24) is 0 Å². The summed E-state index contributed by atoms with van der Waals surface area (Å²) in [6.07, 6.45) is 0. The van der Waals surface area contributed by atoms with E-state index >= 15 is 0 Å². The van der Waals surface area contributed by atoms with Gasteiger partial charge in [-0.05, 0) is 54.8 Å². The topological polar surface area (TPSA) is 29.3 Å². The molecule has 1 atom stereocenters. The van der Waals surface area contributed by atoms with Crippen LogP contribution in [-0.4, -0.2) is 7.05 Å². The Morgan fingerprint density at radius 2 is 2.00 bits per heavy atom. The predicted molar refractivity (Wildman–Crippen MR) is 87.3 cm³/mol. The number of nitrogens with zero attached hydrogens (tertiary/aromatic N) is 1. The van der Waals surface area contributed by atoms with Crippen LogP contribution in [-0.2, 0) is 6.54 Å². The van der Waals surface area contributed by atoms with Crippen LogP contribution in [0.1, 0.15) is 29.7 Å². The first kappa shape index (κ1) is 15.8. The molecule has 0 aliphatic rings. The highest BCUT2D eigenvalue weighted by molar-refractivity contribution is 6.30. The Morgan fingerprint density at radius 3 is 2.62 bits per heavy atom. The molecule has 2 aromatic rings. The van der Waals surface area contributed by atoms with Crippen LogP contribution < -0.4 is 10.6 Å². The summed E-state index contributed by atoms with van der Waals surface area (Å²) in [5.74, 6) is -0.220. The van der Waals surface area contributed by atoms with Gasteiger partial charge in [-0.25, -0.2) is 4.39 Å². The second-order valence-corrected chi connectivity index (χ2v) is 5.87. The average Bonchev–Trinajstić information content (AvgIpc) is 2.41. The fraction of sp³-hybridized carbons (Fsp3) is 0.294. The van der Waals surface area contributed by atoms with Gasteiger partial charge in [0.2, 0.25) is 0 Å². The summed E-state index contributed by atoms with van der Waals surface area (Å²) < 4.78 is 13.8. The van der Waals surface area contributed by atoms with Gasteiger partial charge in [-0.1, -0.05) is 23.7 Å². The Kier molecular flexibility index (Phi) is 4.86. The minimum atomic E-state index is -0.225. The van der Waals surface area contributed by atoms with Gasteiger partial charge in [0.15, 0.2) is 0 Å². The van der Waals surface area contributed by atoms with E-state index in [-0.39, 0.29) is 11.9 Å². The van der Waals surface area contributed by atoms with Crippen molar-refractivity contribution in [3.05, 3.63) is 63.9 Å². The molecule has 2 N–H and O–H groups in total. The molecular formula is C17H20ClFN2. The van der Waals surface area contributed by atoms with Crippen LogP contribution in [0.25, 0.3) is 0 Å². The molecule has 0 aliphatic carbocycles. The van der Waals surface area contributed by atoms with Crippen LogP contribution >= 0.6 is 11.6 Å². The summed E-state index contributed by atoms with van der Waals surface area (Å²) in [4.78, 5) is 2.07. The Bertz CT molecular complexity index is 641. The third kappa shape index (κ3) is 3.74. The summed E-state index contributed by atoms with van der Waals surface area (Å²) in [6.45, 7) is 4.31. The molecular weight excluding hydrogens is 287 g/mol. The third-order valence-electron chi connectivity index (χ3n) is 3.52. The van der Waals surface area contributed by atoms with Crippen LogP contribution in [0, 0.1) is 12.7 Å². The average molecular weight is 307 g/mol. The van der Waals surface area contributed by atoms with Gasteiger partial charge in [0.1, 0.15) is 5.82 Å². The van der Waals surface area contributed by atoms with Crippen molar-refractivity contribution in [2.45, 2.75) is 26.4 Å². The van der Waals surface area contributed by atoms with Crippen molar-refractivity contribution in [2.75, 3.05) is 11.9 Å². The second kappa shape index (κ2) is 6.46. The van der Waals surface area contributed by atoms with Gasteiger partial charge < -0.3 is 10.6 Å². The van der Waals surface area contributed by atoms with E-state index in [0.29, 0.717) is 17.1 Å². The zero-order chi connectivity index (χ0) is 15.6. The molecule has 0 amide bonds. The van der Waals surface area contributed by atoms with Gasteiger partial charge in [-0.3, -0.25) is 0 Å². The quantitative estimate of drug-likeness (QED) is 0.904. The first-order valence-electron chi connectivity index (χ1n) is 6.89. The summed E-state index contributed by atoms with van der Waals surface area (Å²) in [6, 6.07) is 10.9. The number of nitrogens with two attached hydrogens (primary N) is 1. The second-order valence-electron chi connectivity index (χ2n) is 5.43. The highest BCUT2D eigenvalue weighted by Gasteiger charge is 2.14. The van der Waals surface area contributed by atoms with Gasteiger partial charge in [-0.2, -0.15) is 0 Å². The highest BCUT2D eigenvalue weighted by Crippen LogP contribution is 2.29. The number of rotatable bonds is 4.